The van der Waals surface area contributed by atoms with E-state index in [0.717, 1.165) is 41.1 Å². The van der Waals surface area contributed by atoms with Crippen LogP contribution in [0, 0.1) is 0 Å². The Bertz CT molecular complexity index is 536. The Kier molecular flexibility index (Phi) is 4.25. The van der Waals surface area contributed by atoms with Crippen molar-refractivity contribution < 1.29 is 5.11 Å². The molecule has 0 bridgehead atoms. The summed E-state index contributed by atoms with van der Waals surface area (Å²) >= 11 is 6.07. The molecule has 1 N–H and O–H groups in total. The summed E-state index contributed by atoms with van der Waals surface area (Å²) in [5.41, 5.74) is 2.07. The van der Waals surface area contributed by atoms with Crippen LogP contribution in [0.25, 0.3) is 11.0 Å². The number of halogens is 1. The fourth-order valence-electron chi connectivity index (χ4n) is 2.20. The molecule has 0 unspecified atom stereocenters. The summed E-state index contributed by atoms with van der Waals surface area (Å²) in [4.78, 5) is 4.65. The molecular weight excluding hydrogens is 248 g/mol. The van der Waals surface area contributed by atoms with Gasteiger partial charge in [-0.3, -0.25) is 0 Å². The van der Waals surface area contributed by atoms with Crippen LogP contribution < -0.4 is 0 Å². The van der Waals surface area contributed by atoms with E-state index >= 15 is 0 Å². The van der Waals surface area contributed by atoms with Crippen molar-refractivity contribution in [3.05, 3.63) is 29.0 Å². The van der Waals surface area contributed by atoms with Crippen LogP contribution in [-0.2, 0) is 6.42 Å². The van der Waals surface area contributed by atoms with Crippen molar-refractivity contribution in [3.8, 4) is 0 Å². The first-order chi connectivity index (χ1) is 8.67. The summed E-state index contributed by atoms with van der Waals surface area (Å²) in [7, 11) is 0. The fourth-order valence-corrected chi connectivity index (χ4v) is 2.37. The Labute approximate surface area is 112 Å². The van der Waals surface area contributed by atoms with Crippen LogP contribution in [0.3, 0.4) is 0 Å². The first kappa shape index (κ1) is 13.4. The van der Waals surface area contributed by atoms with Gasteiger partial charge in [0.1, 0.15) is 5.82 Å². The van der Waals surface area contributed by atoms with Crippen molar-refractivity contribution in [1.29, 1.82) is 0 Å². The van der Waals surface area contributed by atoms with Gasteiger partial charge in [-0.2, -0.15) is 0 Å². The van der Waals surface area contributed by atoms with E-state index in [9.17, 15) is 0 Å². The molecule has 0 aliphatic carbocycles. The minimum absolute atomic E-state index is 0.199. The minimum Gasteiger partial charge on any atom is -0.396 e. The molecule has 0 fully saturated rings. The Morgan fingerprint density at radius 1 is 1.44 bits per heavy atom. The lowest BCUT2D eigenvalue weighted by atomic mass is 10.2. The van der Waals surface area contributed by atoms with Gasteiger partial charge in [0.15, 0.2) is 0 Å². The number of hydrogen-bond donors (Lipinski definition) is 1. The Balaban J connectivity index is 2.54. The summed E-state index contributed by atoms with van der Waals surface area (Å²) in [6.45, 7) is 4.55. The van der Waals surface area contributed by atoms with Crippen LogP contribution in [0.1, 0.15) is 38.6 Å². The number of benzene rings is 1. The van der Waals surface area contributed by atoms with E-state index in [4.69, 9.17) is 16.7 Å². The zero-order chi connectivity index (χ0) is 13.1. The van der Waals surface area contributed by atoms with Gasteiger partial charge < -0.3 is 9.67 Å². The largest absolute Gasteiger partial charge is 0.396 e. The quantitative estimate of drug-likeness (QED) is 0.898. The Hall–Kier alpha value is -1.06. The first-order valence-corrected chi connectivity index (χ1v) is 6.82. The van der Waals surface area contributed by atoms with Crippen LogP contribution in [0.4, 0.5) is 0 Å². The van der Waals surface area contributed by atoms with E-state index < -0.39 is 0 Å². The zero-order valence-corrected chi connectivity index (χ0v) is 11.6. The van der Waals surface area contributed by atoms with Crippen LogP contribution in [0.5, 0.6) is 0 Å². The second-order valence-electron chi connectivity index (χ2n) is 4.62. The predicted molar refractivity (Wildman–Crippen MR) is 75.2 cm³/mol. The van der Waals surface area contributed by atoms with E-state index in [1.165, 1.54) is 0 Å². The van der Waals surface area contributed by atoms with Gasteiger partial charge in [0, 0.05) is 24.1 Å². The van der Waals surface area contributed by atoms with Crippen molar-refractivity contribution in [3.63, 3.8) is 0 Å². The number of aliphatic hydroxyl groups excluding tert-OH is 1. The topological polar surface area (TPSA) is 38.0 Å². The number of hydrogen-bond acceptors (Lipinski definition) is 2. The molecule has 18 heavy (non-hydrogen) atoms. The maximum Gasteiger partial charge on any atom is 0.110 e. The number of rotatable bonds is 5. The van der Waals surface area contributed by atoms with E-state index in [-0.39, 0.29) is 6.61 Å². The highest BCUT2D eigenvalue weighted by atomic mass is 35.5. The van der Waals surface area contributed by atoms with E-state index in [1.54, 1.807) is 0 Å². The van der Waals surface area contributed by atoms with Gasteiger partial charge in [-0.25, -0.2) is 4.98 Å². The summed E-state index contributed by atoms with van der Waals surface area (Å²) in [6.07, 6.45) is 2.59. The number of aromatic nitrogens is 2. The van der Waals surface area contributed by atoms with Gasteiger partial charge in [0.25, 0.3) is 0 Å². The number of aliphatic hydroxyl groups is 1. The summed E-state index contributed by atoms with van der Waals surface area (Å²) in [5.74, 6) is 1.04. The molecule has 1 atom stereocenters. The maximum absolute atomic E-state index is 8.98. The molecular formula is C14H19ClN2O. The molecule has 0 aliphatic rings. The van der Waals surface area contributed by atoms with Crippen molar-refractivity contribution >= 4 is 22.6 Å². The monoisotopic (exact) mass is 266 g/mol. The molecule has 0 spiro atoms. The van der Waals surface area contributed by atoms with Gasteiger partial charge in [0.2, 0.25) is 0 Å². The Morgan fingerprint density at radius 3 is 2.89 bits per heavy atom. The molecule has 2 aromatic rings. The number of fused-ring (bicyclic) bond motifs is 1. The van der Waals surface area contributed by atoms with Gasteiger partial charge in [-0.15, -0.1) is 0 Å². The number of imidazole rings is 1. The lowest BCUT2D eigenvalue weighted by Gasteiger charge is -2.15. The normalized spacial score (nSPS) is 13.1. The fraction of sp³-hybridized carbons (Fsp3) is 0.500. The highest BCUT2D eigenvalue weighted by Gasteiger charge is 2.14. The lowest BCUT2D eigenvalue weighted by molar-refractivity contribution is 0.286. The average Bonchev–Trinajstić information content (AvgIpc) is 2.73. The third-order valence-electron chi connectivity index (χ3n) is 3.31. The summed E-state index contributed by atoms with van der Waals surface area (Å²) in [5, 5.41) is 9.71. The zero-order valence-electron chi connectivity index (χ0n) is 10.9. The van der Waals surface area contributed by atoms with Crippen LogP contribution >= 0.6 is 11.6 Å². The summed E-state index contributed by atoms with van der Waals surface area (Å²) in [6, 6.07) is 6.19. The van der Waals surface area contributed by atoms with Crippen molar-refractivity contribution in [2.24, 2.45) is 0 Å². The molecule has 0 saturated carbocycles. The number of nitrogens with zero attached hydrogens (tertiary/aromatic N) is 2. The average molecular weight is 267 g/mol. The van der Waals surface area contributed by atoms with Crippen LogP contribution in [-0.4, -0.2) is 21.3 Å². The van der Waals surface area contributed by atoms with Gasteiger partial charge in [-0.1, -0.05) is 18.5 Å². The third-order valence-corrected chi connectivity index (χ3v) is 3.55. The molecule has 0 aliphatic heterocycles. The van der Waals surface area contributed by atoms with Crippen molar-refractivity contribution in [2.45, 2.75) is 39.2 Å². The predicted octanol–water partition coefficient (Wildman–Crippen LogP) is 3.59. The second kappa shape index (κ2) is 5.72. The Morgan fingerprint density at radius 2 is 2.22 bits per heavy atom. The maximum atomic E-state index is 8.98. The van der Waals surface area contributed by atoms with Gasteiger partial charge in [-0.05, 0) is 38.0 Å². The minimum atomic E-state index is 0.199. The van der Waals surface area contributed by atoms with Crippen LogP contribution in [0.15, 0.2) is 18.2 Å². The molecule has 3 nitrogen and oxygen atoms in total. The molecule has 1 heterocycles. The highest BCUT2D eigenvalue weighted by Crippen LogP contribution is 2.26. The third kappa shape index (κ3) is 2.52. The SMILES string of the molecule is CC[C@H](C)n1c(CCCO)nc2ccc(Cl)cc21. The molecule has 0 saturated heterocycles. The first-order valence-electron chi connectivity index (χ1n) is 6.44. The van der Waals surface area contributed by atoms with Gasteiger partial charge >= 0.3 is 0 Å². The van der Waals surface area contributed by atoms with Crippen molar-refractivity contribution in [2.75, 3.05) is 6.61 Å². The number of aryl methyl sites for hydroxylation is 1. The second-order valence-corrected chi connectivity index (χ2v) is 5.05. The van der Waals surface area contributed by atoms with Crippen LogP contribution in [0.2, 0.25) is 5.02 Å². The van der Waals surface area contributed by atoms with E-state index in [1.807, 2.05) is 18.2 Å². The smallest absolute Gasteiger partial charge is 0.110 e. The van der Waals surface area contributed by atoms with Crippen molar-refractivity contribution in [1.82, 2.24) is 9.55 Å². The molecule has 1 aromatic heterocycles. The molecule has 0 amide bonds. The van der Waals surface area contributed by atoms with E-state index in [2.05, 4.69) is 23.4 Å². The molecule has 98 valence electrons. The standard InChI is InChI=1S/C14H19ClN2O/c1-3-10(2)17-13-9-11(15)6-7-12(13)16-14(17)5-4-8-18/h6-7,9-10,18H,3-5,8H2,1-2H3/t10-/m0/s1. The lowest BCUT2D eigenvalue weighted by Crippen LogP contribution is -2.09. The van der Waals surface area contributed by atoms with Gasteiger partial charge in [0.05, 0.1) is 11.0 Å². The summed E-state index contributed by atoms with van der Waals surface area (Å²) < 4.78 is 2.25. The molecule has 4 heteroatoms. The molecule has 1 aromatic carbocycles. The highest BCUT2D eigenvalue weighted by molar-refractivity contribution is 6.31. The molecule has 0 radical (unpaired) electrons. The molecule has 2 rings (SSSR count). The van der Waals surface area contributed by atoms with E-state index in [0.29, 0.717) is 6.04 Å².